The average Bonchev–Trinajstić information content (AvgIpc) is 3.35. The predicted octanol–water partition coefficient (Wildman–Crippen LogP) is -0.603. The summed E-state index contributed by atoms with van der Waals surface area (Å²) in [5.74, 6) is 0.440. The van der Waals surface area contributed by atoms with Crippen molar-refractivity contribution in [3.05, 3.63) is 35.9 Å². The molecule has 1 aromatic rings. The van der Waals surface area contributed by atoms with Gasteiger partial charge in [-0.25, -0.2) is 0 Å². The topological polar surface area (TPSA) is 111 Å². The second-order valence-corrected chi connectivity index (χ2v) is 8.96. The second kappa shape index (κ2) is 9.69. The molecule has 3 aliphatic rings. The number of nitrogens with zero attached hydrogens (tertiary/aromatic N) is 2. The maximum atomic E-state index is 13.2. The lowest BCUT2D eigenvalue weighted by molar-refractivity contribution is -0.145. The van der Waals surface area contributed by atoms with Crippen molar-refractivity contribution in [3.8, 4) is 0 Å². The largest absolute Gasteiger partial charge is 0.354 e. The quantitative estimate of drug-likeness (QED) is 0.571. The molecule has 0 radical (unpaired) electrons. The van der Waals surface area contributed by atoms with Gasteiger partial charge in [0.1, 0.15) is 12.1 Å². The van der Waals surface area contributed by atoms with Crippen LogP contribution >= 0.6 is 11.8 Å². The number of carbonyl (C=O) groups is 4. The summed E-state index contributed by atoms with van der Waals surface area (Å²) in [6.45, 7) is 1.32. The van der Waals surface area contributed by atoms with Gasteiger partial charge in [-0.2, -0.15) is 0 Å². The molecule has 4 rings (SSSR count). The summed E-state index contributed by atoms with van der Waals surface area (Å²) in [5, 5.41) is 8.72. The van der Waals surface area contributed by atoms with Crippen LogP contribution in [0.15, 0.2) is 30.3 Å². The lowest BCUT2D eigenvalue weighted by Crippen LogP contribution is -2.65. The van der Waals surface area contributed by atoms with Gasteiger partial charge in [0.25, 0.3) is 5.91 Å². The lowest BCUT2D eigenvalue weighted by Gasteiger charge is -2.42. The van der Waals surface area contributed by atoms with Gasteiger partial charge in [0.15, 0.2) is 0 Å². The van der Waals surface area contributed by atoms with Crippen molar-refractivity contribution in [2.45, 2.75) is 31.0 Å². The molecule has 4 amide bonds. The lowest BCUT2D eigenvalue weighted by atomic mass is 10.0. The highest BCUT2D eigenvalue weighted by Crippen LogP contribution is 2.19. The number of carbonyl (C=O) groups excluding carboxylic acids is 4. The summed E-state index contributed by atoms with van der Waals surface area (Å²) in [7, 11) is 0. The van der Waals surface area contributed by atoms with Gasteiger partial charge >= 0.3 is 0 Å². The Hall–Kier alpha value is -2.59. The van der Waals surface area contributed by atoms with Gasteiger partial charge in [-0.3, -0.25) is 24.5 Å². The number of nitrogens with one attached hydrogen (secondary N) is 3. The Morgan fingerprint density at radius 2 is 1.94 bits per heavy atom. The summed E-state index contributed by atoms with van der Waals surface area (Å²) in [6.07, 6.45) is 1.34. The van der Waals surface area contributed by atoms with E-state index in [1.165, 1.54) is 0 Å². The summed E-state index contributed by atoms with van der Waals surface area (Å²) in [5.41, 5.74) is 0.543. The Kier molecular flexibility index (Phi) is 6.77. The van der Waals surface area contributed by atoms with E-state index in [-0.39, 0.29) is 36.9 Å². The zero-order valence-corrected chi connectivity index (χ0v) is 18.0. The highest BCUT2D eigenvalue weighted by Gasteiger charge is 2.41. The molecule has 0 saturated carbocycles. The van der Waals surface area contributed by atoms with Crippen molar-refractivity contribution >= 4 is 35.4 Å². The van der Waals surface area contributed by atoms with Crippen LogP contribution in [0, 0.1) is 0 Å². The monoisotopic (exact) mass is 445 g/mol. The van der Waals surface area contributed by atoms with Crippen molar-refractivity contribution in [1.29, 1.82) is 0 Å². The van der Waals surface area contributed by atoms with E-state index in [1.807, 2.05) is 6.07 Å². The van der Waals surface area contributed by atoms with Crippen LogP contribution in [-0.2, 0) is 14.4 Å². The number of piperidine rings is 1. The maximum absolute atomic E-state index is 13.2. The molecule has 0 spiro atoms. The molecule has 3 saturated heterocycles. The van der Waals surface area contributed by atoms with Crippen LogP contribution < -0.4 is 16.0 Å². The number of benzene rings is 1. The summed E-state index contributed by atoms with van der Waals surface area (Å²) in [4.78, 5) is 54.5. The minimum atomic E-state index is -0.837. The number of piperazine rings is 1. The fourth-order valence-electron chi connectivity index (χ4n) is 4.15. The van der Waals surface area contributed by atoms with Crippen LogP contribution in [-0.4, -0.2) is 89.4 Å². The molecule has 166 valence electrons. The van der Waals surface area contributed by atoms with Crippen molar-refractivity contribution in [2.75, 3.05) is 37.8 Å². The third kappa shape index (κ3) is 4.85. The molecule has 3 atom stereocenters. The van der Waals surface area contributed by atoms with Crippen LogP contribution in [0.2, 0.25) is 0 Å². The Morgan fingerprint density at radius 1 is 1.13 bits per heavy atom. The van der Waals surface area contributed by atoms with Gasteiger partial charge in [-0.15, -0.1) is 11.8 Å². The van der Waals surface area contributed by atoms with Gasteiger partial charge < -0.3 is 20.4 Å². The molecule has 3 aliphatic heterocycles. The minimum Gasteiger partial charge on any atom is -0.354 e. The first kappa shape index (κ1) is 21.6. The highest BCUT2D eigenvalue weighted by molar-refractivity contribution is 7.99. The fraction of sp³-hybridized carbons (Fsp3) is 0.524. The predicted molar refractivity (Wildman–Crippen MR) is 116 cm³/mol. The van der Waals surface area contributed by atoms with Crippen molar-refractivity contribution in [2.24, 2.45) is 0 Å². The number of hydrogen-bond acceptors (Lipinski definition) is 6. The third-order valence-electron chi connectivity index (χ3n) is 5.89. The molecular formula is C21H27N5O4S. The van der Waals surface area contributed by atoms with Crippen molar-refractivity contribution in [1.82, 2.24) is 25.8 Å². The van der Waals surface area contributed by atoms with Gasteiger partial charge in [0.05, 0.1) is 12.6 Å². The smallest absolute Gasteiger partial charge is 0.253 e. The molecular weight excluding hydrogens is 418 g/mol. The van der Waals surface area contributed by atoms with Gasteiger partial charge in [0.2, 0.25) is 17.7 Å². The molecule has 3 heterocycles. The van der Waals surface area contributed by atoms with E-state index in [2.05, 4.69) is 16.0 Å². The van der Waals surface area contributed by atoms with E-state index in [4.69, 9.17) is 0 Å². The Labute approximate surface area is 185 Å². The molecule has 3 fully saturated rings. The van der Waals surface area contributed by atoms with E-state index in [0.29, 0.717) is 36.7 Å². The molecule has 0 aromatic heterocycles. The van der Waals surface area contributed by atoms with Crippen molar-refractivity contribution < 1.29 is 19.2 Å². The molecule has 0 aliphatic carbocycles. The number of amides is 4. The van der Waals surface area contributed by atoms with E-state index in [1.54, 1.807) is 45.8 Å². The molecule has 0 unspecified atom stereocenters. The second-order valence-electron chi connectivity index (χ2n) is 7.93. The number of thioether (sulfide) groups is 1. The number of rotatable bonds is 4. The van der Waals surface area contributed by atoms with Crippen LogP contribution in [0.4, 0.5) is 0 Å². The van der Waals surface area contributed by atoms with Crippen LogP contribution in [0.1, 0.15) is 23.2 Å². The summed E-state index contributed by atoms with van der Waals surface area (Å²) in [6, 6.07) is 7.11. The summed E-state index contributed by atoms with van der Waals surface area (Å²) >= 11 is 1.64. The first-order valence-corrected chi connectivity index (χ1v) is 11.7. The van der Waals surface area contributed by atoms with Gasteiger partial charge in [-0.1, -0.05) is 18.2 Å². The van der Waals surface area contributed by atoms with Gasteiger partial charge in [0, 0.05) is 36.8 Å². The summed E-state index contributed by atoms with van der Waals surface area (Å²) < 4.78 is 0. The Balaban J connectivity index is 1.51. The Bertz CT molecular complexity index is 845. The normalized spacial score (nSPS) is 26.3. The minimum absolute atomic E-state index is 0.0967. The average molecular weight is 446 g/mol. The van der Waals surface area contributed by atoms with Crippen molar-refractivity contribution in [3.63, 3.8) is 0 Å². The molecule has 1 aromatic carbocycles. The first-order chi connectivity index (χ1) is 15.0. The maximum Gasteiger partial charge on any atom is 0.253 e. The van der Waals surface area contributed by atoms with Crippen LogP contribution in [0.3, 0.4) is 0 Å². The zero-order chi connectivity index (χ0) is 21.8. The molecule has 31 heavy (non-hydrogen) atoms. The Morgan fingerprint density at radius 3 is 2.65 bits per heavy atom. The molecule has 9 nitrogen and oxygen atoms in total. The standard InChI is InChI=1S/C21H27N5O4S/c27-18-15(7-4-8-22-18)24-19(28)17-11-25(20(29)14-5-2-1-3-6-14)9-10-26(17)21(30)16-12-31-13-23-16/h1-3,5-6,15-17,23H,4,7-13H2,(H,22,27)(H,24,28)/t15-,16-,17+/m1/s1. The van der Waals surface area contributed by atoms with Crippen LogP contribution in [0.5, 0.6) is 0 Å². The van der Waals surface area contributed by atoms with E-state index in [9.17, 15) is 19.2 Å². The van der Waals surface area contributed by atoms with E-state index in [0.717, 1.165) is 6.42 Å². The highest BCUT2D eigenvalue weighted by atomic mass is 32.2. The van der Waals surface area contributed by atoms with E-state index < -0.39 is 18.0 Å². The first-order valence-electron chi connectivity index (χ1n) is 10.6. The third-order valence-corrected chi connectivity index (χ3v) is 6.83. The van der Waals surface area contributed by atoms with Crippen LogP contribution in [0.25, 0.3) is 0 Å². The fourth-order valence-corrected chi connectivity index (χ4v) is 5.08. The molecule has 0 bridgehead atoms. The van der Waals surface area contributed by atoms with Gasteiger partial charge in [-0.05, 0) is 25.0 Å². The number of hydrogen-bond donors (Lipinski definition) is 3. The molecule has 10 heteroatoms. The molecule has 3 N–H and O–H groups in total. The van der Waals surface area contributed by atoms with E-state index >= 15 is 0 Å². The SMILES string of the molecule is O=C1NCCC[C@H]1NC(=O)[C@@H]1CN(C(=O)c2ccccc2)CCN1C(=O)[C@H]1CSCN1. The zero-order valence-electron chi connectivity index (χ0n) is 17.2.